The largest absolute Gasteiger partial charge is 0.383 e. The third kappa shape index (κ3) is 4.05. The summed E-state index contributed by atoms with van der Waals surface area (Å²) in [6.07, 6.45) is 3.73. The normalized spacial score (nSPS) is 16.7. The van der Waals surface area contributed by atoms with Gasteiger partial charge in [0.25, 0.3) is 5.91 Å². The van der Waals surface area contributed by atoms with E-state index in [9.17, 15) is 4.79 Å². The van der Waals surface area contributed by atoms with Crippen LogP contribution in [0.1, 0.15) is 34.5 Å². The van der Waals surface area contributed by atoms with Gasteiger partial charge in [0.15, 0.2) is 0 Å². The fourth-order valence-electron chi connectivity index (χ4n) is 2.87. The summed E-state index contributed by atoms with van der Waals surface area (Å²) < 4.78 is 5.19. The van der Waals surface area contributed by atoms with Crippen LogP contribution in [0, 0.1) is 13.8 Å². The van der Waals surface area contributed by atoms with Gasteiger partial charge in [0.1, 0.15) is 0 Å². The topological polar surface area (TPSA) is 45.7 Å². The molecule has 0 unspecified atom stereocenters. The summed E-state index contributed by atoms with van der Waals surface area (Å²) in [5.74, 6) is 0.0715. The highest BCUT2D eigenvalue weighted by Gasteiger charge is 2.27. The molecule has 0 radical (unpaired) electrons. The van der Waals surface area contributed by atoms with E-state index in [4.69, 9.17) is 4.74 Å². The molecule has 0 N–H and O–H groups in total. The van der Waals surface area contributed by atoms with Gasteiger partial charge in [-0.2, -0.15) is 0 Å². The van der Waals surface area contributed by atoms with Crippen LogP contribution in [-0.4, -0.2) is 67.1 Å². The van der Waals surface area contributed by atoms with Crippen molar-refractivity contribution in [2.45, 2.75) is 32.7 Å². The summed E-state index contributed by atoms with van der Waals surface area (Å²) in [4.78, 5) is 21.5. The Morgan fingerprint density at radius 1 is 1.41 bits per heavy atom. The molecule has 1 saturated heterocycles. The lowest BCUT2D eigenvalue weighted by molar-refractivity contribution is 0.0504. The number of pyridine rings is 1. The molecule has 1 aliphatic rings. The summed E-state index contributed by atoms with van der Waals surface area (Å²) in [6, 6.07) is 2.24. The van der Waals surface area contributed by atoms with E-state index in [2.05, 4.69) is 16.9 Å². The maximum atomic E-state index is 12.9. The molecule has 5 heteroatoms. The van der Waals surface area contributed by atoms with Crippen LogP contribution in [0.3, 0.4) is 0 Å². The Morgan fingerprint density at radius 3 is 2.68 bits per heavy atom. The Bertz CT molecular complexity index is 511. The molecule has 0 aliphatic carbocycles. The van der Waals surface area contributed by atoms with Gasteiger partial charge in [-0.25, -0.2) is 0 Å². The van der Waals surface area contributed by atoms with Gasteiger partial charge in [0, 0.05) is 31.6 Å². The first-order valence-corrected chi connectivity index (χ1v) is 7.94. The van der Waals surface area contributed by atoms with Gasteiger partial charge in [-0.3, -0.25) is 9.78 Å². The maximum absolute atomic E-state index is 12.9. The van der Waals surface area contributed by atoms with E-state index < -0.39 is 0 Å². The van der Waals surface area contributed by atoms with E-state index in [0.717, 1.165) is 37.2 Å². The highest BCUT2D eigenvalue weighted by molar-refractivity contribution is 5.94. The molecule has 1 amide bonds. The average molecular weight is 305 g/mol. The van der Waals surface area contributed by atoms with Crippen molar-refractivity contribution in [1.29, 1.82) is 0 Å². The molecule has 22 heavy (non-hydrogen) atoms. The molecule has 0 spiro atoms. The predicted octanol–water partition coefficient (Wildman–Crippen LogP) is 1.88. The number of hydrogen-bond acceptors (Lipinski definition) is 4. The number of hydrogen-bond donors (Lipinski definition) is 0. The Labute approximate surface area is 133 Å². The number of rotatable bonds is 5. The van der Waals surface area contributed by atoms with E-state index >= 15 is 0 Å². The van der Waals surface area contributed by atoms with Gasteiger partial charge < -0.3 is 14.5 Å². The number of carbonyl (C=O) groups excluding carboxylic acids is 1. The number of likely N-dealkylation sites (tertiary alicyclic amines) is 1. The summed E-state index contributed by atoms with van der Waals surface area (Å²) in [5.41, 5.74) is 2.71. The van der Waals surface area contributed by atoms with Crippen LogP contribution >= 0.6 is 0 Å². The molecular formula is C17H27N3O2. The summed E-state index contributed by atoms with van der Waals surface area (Å²) in [7, 11) is 3.81. The lowest BCUT2D eigenvalue weighted by atomic mass is 10.0. The lowest BCUT2D eigenvalue weighted by Gasteiger charge is -2.37. The van der Waals surface area contributed by atoms with Crippen molar-refractivity contribution in [3.63, 3.8) is 0 Å². The molecule has 0 atom stereocenters. The summed E-state index contributed by atoms with van der Waals surface area (Å²) in [6.45, 7) is 7.23. The second-order valence-electron chi connectivity index (χ2n) is 6.15. The van der Waals surface area contributed by atoms with E-state index in [1.807, 2.05) is 24.8 Å². The Balaban J connectivity index is 2.16. The van der Waals surface area contributed by atoms with Crippen LogP contribution in [0.2, 0.25) is 0 Å². The Kier molecular flexibility index (Phi) is 5.91. The molecule has 2 heterocycles. The van der Waals surface area contributed by atoms with Crippen molar-refractivity contribution >= 4 is 5.91 Å². The van der Waals surface area contributed by atoms with Crippen molar-refractivity contribution in [1.82, 2.24) is 14.8 Å². The monoisotopic (exact) mass is 305 g/mol. The molecule has 122 valence electrons. The van der Waals surface area contributed by atoms with Gasteiger partial charge in [-0.15, -0.1) is 0 Å². The third-order valence-corrected chi connectivity index (χ3v) is 4.51. The minimum Gasteiger partial charge on any atom is -0.383 e. The molecule has 1 aromatic rings. The number of aryl methyl sites for hydroxylation is 2. The van der Waals surface area contributed by atoms with Crippen LogP contribution in [0.25, 0.3) is 0 Å². The van der Waals surface area contributed by atoms with Crippen LogP contribution in [0.4, 0.5) is 0 Å². The van der Waals surface area contributed by atoms with E-state index in [1.165, 1.54) is 0 Å². The zero-order valence-electron chi connectivity index (χ0n) is 14.1. The second-order valence-corrected chi connectivity index (χ2v) is 6.15. The molecule has 2 rings (SSSR count). The quantitative estimate of drug-likeness (QED) is 0.833. The minimum atomic E-state index is 0.0715. The molecule has 5 nitrogen and oxygen atoms in total. The van der Waals surface area contributed by atoms with E-state index in [-0.39, 0.29) is 5.91 Å². The number of aromatic nitrogens is 1. The number of carbonyl (C=O) groups is 1. The van der Waals surface area contributed by atoms with Crippen molar-refractivity contribution < 1.29 is 9.53 Å². The standard InChI is InChI=1S/C17H27N3O2/c1-13-11-15(12-18-14(13)2)17(21)20(9-10-22-4)16-5-7-19(3)8-6-16/h11-12,16H,5-10H2,1-4H3. The van der Waals surface area contributed by atoms with Crippen molar-refractivity contribution in [3.05, 3.63) is 29.1 Å². The Morgan fingerprint density at radius 2 is 2.09 bits per heavy atom. The van der Waals surface area contributed by atoms with E-state index in [1.54, 1.807) is 13.3 Å². The number of amides is 1. The number of piperidine rings is 1. The fourth-order valence-corrected chi connectivity index (χ4v) is 2.87. The molecule has 1 aromatic heterocycles. The fraction of sp³-hybridized carbons (Fsp3) is 0.647. The zero-order chi connectivity index (χ0) is 16.1. The number of ether oxygens (including phenoxy) is 1. The van der Waals surface area contributed by atoms with Crippen molar-refractivity contribution in [3.8, 4) is 0 Å². The first-order chi connectivity index (χ1) is 10.5. The minimum absolute atomic E-state index is 0.0715. The lowest BCUT2D eigenvalue weighted by Crippen LogP contribution is -2.47. The van der Waals surface area contributed by atoms with Crippen LogP contribution < -0.4 is 0 Å². The van der Waals surface area contributed by atoms with Gasteiger partial charge in [-0.1, -0.05) is 0 Å². The van der Waals surface area contributed by atoms with Crippen LogP contribution in [0.5, 0.6) is 0 Å². The van der Waals surface area contributed by atoms with Crippen molar-refractivity contribution in [2.75, 3.05) is 40.4 Å². The highest BCUT2D eigenvalue weighted by Crippen LogP contribution is 2.19. The molecule has 1 fully saturated rings. The second kappa shape index (κ2) is 7.70. The van der Waals surface area contributed by atoms with Crippen molar-refractivity contribution in [2.24, 2.45) is 0 Å². The highest BCUT2D eigenvalue weighted by atomic mass is 16.5. The number of methoxy groups -OCH3 is 1. The summed E-state index contributed by atoms with van der Waals surface area (Å²) >= 11 is 0. The van der Waals surface area contributed by atoms with E-state index in [0.29, 0.717) is 24.8 Å². The molecule has 0 saturated carbocycles. The predicted molar refractivity (Wildman–Crippen MR) is 87.1 cm³/mol. The third-order valence-electron chi connectivity index (χ3n) is 4.51. The van der Waals surface area contributed by atoms with Crippen LogP contribution in [0.15, 0.2) is 12.3 Å². The van der Waals surface area contributed by atoms with Gasteiger partial charge >= 0.3 is 0 Å². The summed E-state index contributed by atoms with van der Waals surface area (Å²) in [5, 5.41) is 0. The molecule has 0 aromatic carbocycles. The van der Waals surface area contributed by atoms with Crippen LogP contribution in [-0.2, 0) is 4.74 Å². The molecule has 0 bridgehead atoms. The zero-order valence-corrected chi connectivity index (χ0v) is 14.1. The first kappa shape index (κ1) is 16.9. The number of nitrogens with zero attached hydrogens (tertiary/aromatic N) is 3. The smallest absolute Gasteiger partial charge is 0.255 e. The van der Waals surface area contributed by atoms with Gasteiger partial charge in [0.2, 0.25) is 0 Å². The maximum Gasteiger partial charge on any atom is 0.255 e. The first-order valence-electron chi connectivity index (χ1n) is 7.94. The van der Waals surface area contributed by atoms with Gasteiger partial charge in [0.05, 0.1) is 12.2 Å². The van der Waals surface area contributed by atoms with Gasteiger partial charge in [-0.05, 0) is 58.5 Å². The SMILES string of the molecule is COCCN(C(=O)c1cnc(C)c(C)c1)C1CCN(C)CC1. The molecular weight excluding hydrogens is 278 g/mol. The molecule has 1 aliphatic heterocycles. The average Bonchev–Trinajstić information content (AvgIpc) is 2.51. The Hall–Kier alpha value is -1.46.